The van der Waals surface area contributed by atoms with Crippen molar-refractivity contribution < 1.29 is 17.6 Å². The maximum atomic E-state index is 12.8. The molecule has 0 bridgehead atoms. The van der Waals surface area contributed by atoms with Crippen molar-refractivity contribution in [2.24, 2.45) is 5.92 Å². The second kappa shape index (κ2) is 7.18. The molecule has 1 atom stereocenters. The van der Waals surface area contributed by atoms with Gasteiger partial charge in [0, 0.05) is 6.61 Å². The van der Waals surface area contributed by atoms with E-state index in [-0.39, 0.29) is 0 Å². The summed E-state index contributed by atoms with van der Waals surface area (Å²) in [5.74, 6) is 0.489. The molecule has 1 aromatic carbocycles. The molecule has 2 rings (SSSR count). The van der Waals surface area contributed by atoms with E-state index in [1.54, 1.807) is 12.1 Å². The summed E-state index contributed by atoms with van der Waals surface area (Å²) in [7, 11) is -3.94. The van der Waals surface area contributed by atoms with Gasteiger partial charge in [-0.1, -0.05) is 54.7 Å². The van der Waals surface area contributed by atoms with Gasteiger partial charge in [-0.25, -0.2) is 0 Å². The molecular formula is C18H27F3OSi2. The fourth-order valence-corrected chi connectivity index (χ4v) is 9.55. The molecule has 6 heteroatoms. The highest BCUT2D eigenvalue weighted by Crippen LogP contribution is 2.29. The molecule has 0 fully saturated rings. The first-order valence-electron chi connectivity index (χ1n) is 8.52. The predicted octanol–water partition coefficient (Wildman–Crippen LogP) is 5.28. The lowest BCUT2D eigenvalue weighted by Crippen LogP contribution is -2.64. The van der Waals surface area contributed by atoms with E-state index in [1.807, 2.05) is 0 Å². The van der Waals surface area contributed by atoms with Crippen LogP contribution in [0.25, 0.3) is 0 Å². The fourth-order valence-electron chi connectivity index (χ4n) is 2.94. The van der Waals surface area contributed by atoms with Crippen LogP contribution in [0, 0.1) is 5.92 Å². The molecule has 24 heavy (non-hydrogen) atoms. The van der Waals surface area contributed by atoms with Gasteiger partial charge in [-0.3, -0.25) is 0 Å². The first-order chi connectivity index (χ1) is 11.0. The number of rotatable bonds is 5. The number of hydrogen-bond acceptors (Lipinski definition) is 1. The molecule has 1 aromatic rings. The van der Waals surface area contributed by atoms with Crippen molar-refractivity contribution in [3.63, 3.8) is 0 Å². The molecule has 0 aliphatic heterocycles. The third-order valence-corrected chi connectivity index (χ3v) is 21.5. The van der Waals surface area contributed by atoms with Crippen molar-refractivity contribution in [3.8, 4) is 0 Å². The molecule has 1 aliphatic carbocycles. The lowest BCUT2D eigenvalue weighted by atomic mass is 9.97. The van der Waals surface area contributed by atoms with Crippen LogP contribution in [-0.4, -0.2) is 22.0 Å². The standard InChI is InChI=1S/C18H27F3OSi2/c1-23(2,17-12-10-16(11-13-17)18(19,20)21)24(3,4)22-14-15-8-6-5-7-9-15/h6,8,10-13,15H,5,7,9,14H2,1-4H3. The Morgan fingerprint density at radius 3 is 2.21 bits per heavy atom. The average molecular weight is 373 g/mol. The largest absolute Gasteiger partial charge is 0.419 e. The van der Waals surface area contributed by atoms with Crippen LogP contribution in [0.1, 0.15) is 24.8 Å². The van der Waals surface area contributed by atoms with Gasteiger partial charge in [0.1, 0.15) is 7.59 Å². The van der Waals surface area contributed by atoms with Crippen molar-refractivity contribution >= 4 is 20.6 Å². The van der Waals surface area contributed by atoms with Crippen LogP contribution in [-0.2, 0) is 10.6 Å². The van der Waals surface area contributed by atoms with Crippen molar-refractivity contribution in [1.29, 1.82) is 0 Å². The van der Waals surface area contributed by atoms with E-state index >= 15 is 0 Å². The van der Waals surface area contributed by atoms with E-state index in [9.17, 15) is 13.2 Å². The molecule has 1 nitrogen and oxygen atoms in total. The van der Waals surface area contributed by atoms with Gasteiger partial charge in [0.25, 0.3) is 0 Å². The highest BCUT2D eigenvalue weighted by atomic mass is 29.3. The predicted molar refractivity (Wildman–Crippen MR) is 98.5 cm³/mol. The monoisotopic (exact) mass is 372 g/mol. The Kier molecular flexibility index (Phi) is 5.82. The van der Waals surface area contributed by atoms with Gasteiger partial charge in [-0.05, 0) is 38.3 Å². The van der Waals surface area contributed by atoms with Crippen LogP contribution in [0.2, 0.25) is 26.2 Å². The number of halogens is 3. The Bertz CT molecular complexity index is 577. The summed E-state index contributed by atoms with van der Waals surface area (Å²) >= 11 is 0. The van der Waals surface area contributed by atoms with E-state index in [0.717, 1.165) is 18.2 Å². The quantitative estimate of drug-likeness (QED) is 0.505. The molecule has 134 valence electrons. The Balaban J connectivity index is 2.11. The third kappa shape index (κ3) is 4.40. The van der Waals surface area contributed by atoms with Crippen LogP contribution in [0.15, 0.2) is 36.4 Å². The second-order valence-corrected chi connectivity index (χ2v) is 22.1. The number of alkyl halides is 3. The normalized spacial score (nSPS) is 19.5. The van der Waals surface area contributed by atoms with E-state index in [4.69, 9.17) is 4.43 Å². The fraction of sp³-hybridized carbons (Fsp3) is 0.556. The van der Waals surface area contributed by atoms with Crippen LogP contribution >= 0.6 is 0 Å². The Hall–Kier alpha value is -0.856. The van der Waals surface area contributed by atoms with Crippen molar-refractivity contribution in [3.05, 3.63) is 42.0 Å². The molecule has 0 aromatic heterocycles. The van der Waals surface area contributed by atoms with E-state index in [2.05, 4.69) is 38.3 Å². The zero-order chi connectivity index (χ0) is 18.0. The summed E-state index contributed by atoms with van der Waals surface area (Å²) in [5, 5.41) is 1.05. The molecule has 1 unspecified atom stereocenters. The van der Waals surface area contributed by atoms with Crippen LogP contribution in [0.3, 0.4) is 0 Å². The van der Waals surface area contributed by atoms with E-state index < -0.39 is 27.2 Å². The minimum Gasteiger partial charge on any atom is -0.419 e. The molecular weight excluding hydrogens is 345 g/mol. The summed E-state index contributed by atoms with van der Waals surface area (Å²) in [6.45, 7) is 9.61. The minimum atomic E-state index is -4.28. The lowest BCUT2D eigenvalue weighted by molar-refractivity contribution is -0.137. The molecule has 0 saturated carbocycles. The van der Waals surface area contributed by atoms with E-state index in [0.29, 0.717) is 5.92 Å². The highest BCUT2D eigenvalue weighted by molar-refractivity contribution is 7.43. The van der Waals surface area contributed by atoms with Gasteiger partial charge in [0.2, 0.25) is 0 Å². The van der Waals surface area contributed by atoms with Gasteiger partial charge in [-0.15, -0.1) is 0 Å². The van der Waals surface area contributed by atoms with Crippen LogP contribution in [0.5, 0.6) is 0 Å². The SMILES string of the molecule is C[Si](C)(OCC1C=CCCC1)[Si](C)(C)c1ccc(C(F)(F)F)cc1. The maximum Gasteiger partial charge on any atom is 0.416 e. The number of allylic oxidation sites excluding steroid dienone is 1. The Morgan fingerprint density at radius 2 is 1.71 bits per heavy atom. The zero-order valence-corrected chi connectivity index (χ0v) is 16.9. The smallest absolute Gasteiger partial charge is 0.416 e. The third-order valence-electron chi connectivity index (χ3n) is 5.45. The first-order valence-corrected chi connectivity index (χ1v) is 15.4. The van der Waals surface area contributed by atoms with Gasteiger partial charge < -0.3 is 4.43 Å². The Labute approximate surface area is 144 Å². The second-order valence-electron chi connectivity index (χ2n) is 7.64. The minimum absolute atomic E-state index is 0.489. The van der Waals surface area contributed by atoms with Gasteiger partial charge in [-0.2, -0.15) is 13.2 Å². The average Bonchev–Trinajstić information content (AvgIpc) is 2.53. The summed E-state index contributed by atoms with van der Waals surface area (Å²) in [6.07, 6.45) is 3.74. The topological polar surface area (TPSA) is 9.23 Å². The zero-order valence-electron chi connectivity index (χ0n) is 14.9. The molecule has 0 heterocycles. The van der Waals surface area contributed by atoms with Gasteiger partial charge >= 0.3 is 6.18 Å². The van der Waals surface area contributed by atoms with Gasteiger partial charge in [0.15, 0.2) is 7.83 Å². The summed E-state index contributed by atoms with van der Waals surface area (Å²) < 4.78 is 44.7. The Morgan fingerprint density at radius 1 is 1.08 bits per heavy atom. The summed E-state index contributed by atoms with van der Waals surface area (Å²) in [4.78, 5) is 0. The molecule has 0 N–H and O–H groups in total. The lowest BCUT2D eigenvalue weighted by Gasteiger charge is -2.39. The molecule has 1 aliphatic rings. The van der Waals surface area contributed by atoms with Crippen LogP contribution in [0.4, 0.5) is 13.2 Å². The number of benzene rings is 1. The molecule has 0 spiro atoms. The van der Waals surface area contributed by atoms with Crippen molar-refractivity contribution in [2.75, 3.05) is 6.61 Å². The molecule has 0 radical (unpaired) electrons. The number of hydrogen-bond donors (Lipinski definition) is 0. The molecule has 0 saturated heterocycles. The van der Waals surface area contributed by atoms with Crippen molar-refractivity contribution in [1.82, 2.24) is 0 Å². The first kappa shape index (κ1) is 19.5. The van der Waals surface area contributed by atoms with Crippen molar-refractivity contribution in [2.45, 2.75) is 51.6 Å². The summed E-state index contributed by atoms with van der Waals surface area (Å²) in [5.41, 5.74) is -0.580. The van der Waals surface area contributed by atoms with Crippen LogP contribution < -0.4 is 5.19 Å². The summed E-state index contributed by atoms with van der Waals surface area (Å²) in [6, 6.07) is 5.73. The van der Waals surface area contributed by atoms with Gasteiger partial charge in [0.05, 0.1) is 5.56 Å². The highest BCUT2D eigenvalue weighted by Gasteiger charge is 2.45. The maximum absolute atomic E-state index is 12.8. The van der Waals surface area contributed by atoms with E-state index in [1.165, 1.54) is 25.0 Å². The molecule has 0 amide bonds.